The molecule has 200 valence electrons. The van der Waals surface area contributed by atoms with Crippen LogP contribution in [0, 0.1) is 11.8 Å². The molecule has 0 radical (unpaired) electrons. The summed E-state index contributed by atoms with van der Waals surface area (Å²) in [6.07, 6.45) is 0.401. The molecule has 0 bridgehead atoms. The average Bonchev–Trinajstić information content (AvgIpc) is 3.51. The molecule has 1 aliphatic heterocycles. The fourth-order valence-electron chi connectivity index (χ4n) is 4.59. The van der Waals surface area contributed by atoms with E-state index in [0.717, 1.165) is 16.9 Å². The summed E-state index contributed by atoms with van der Waals surface area (Å²) in [7, 11) is 0. The van der Waals surface area contributed by atoms with Crippen molar-refractivity contribution >= 4 is 16.9 Å². The number of hydrogen-bond acceptors (Lipinski definition) is 6. The Labute approximate surface area is 212 Å². The summed E-state index contributed by atoms with van der Waals surface area (Å²) in [5, 5.41) is 18.9. The fraction of sp³-hybridized carbons (Fsp3) is 0.375. The van der Waals surface area contributed by atoms with E-state index in [-0.39, 0.29) is 43.5 Å². The summed E-state index contributed by atoms with van der Waals surface area (Å²) >= 11 is 0. The molecule has 1 atom stereocenters. The topological polar surface area (TPSA) is 111 Å². The highest BCUT2D eigenvalue weighted by atomic mass is 19.3. The van der Waals surface area contributed by atoms with Gasteiger partial charge in [-0.1, -0.05) is 0 Å². The summed E-state index contributed by atoms with van der Waals surface area (Å²) < 4.78 is 56.8. The summed E-state index contributed by atoms with van der Waals surface area (Å²) in [5.41, 5.74) is -0.971. The molecule has 0 saturated carbocycles. The number of nitrogens with zero attached hydrogens (tertiary/aromatic N) is 7. The van der Waals surface area contributed by atoms with Gasteiger partial charge in [-0.3, -0.25) is 18.8 Å². The number of likely N-dealkylation sites (tertiary alicyclic amines) is 1. The second-order valence-electron chi connectivity index (χ2n) is 9.28. The quantitative estimate of drug-likeness (QED) is 0.365. The molecule has 0 aliphatic carbocycles. The molecule has 3 aromatic heterocycles. The summed E-state index contributed by atoms with van der Waals surface area (Å²) in [5.74, 6) is -1.90. The summed E-state index contributed by atoms with van der Waals surface area (Å²) in [6, 6.07) is 4.86. The monoisotopic (exact) mass is 533 g/mol. The van der Waals surface area contributed by atoms with Crippen molar-refractivity contribution < 1.29 is 27.5 Å². The molecule has 1 amide bonds. The van der Waals surface area contributed by atoms with Gasteiger partial charge in [0.2, 0.25) is 11.9 Å². The molecular weight excluding hydrogens is 510 g/mol. The highest BCUT2D eigenvalue weighted by Gasteiger charge is 2.36. The van der Waals surface area contributed by atoms with Crippen LogP contribution in [0.5, 0.6) is 0 Å². The van der Waals surface area contributed by atoms with Gasteiger partial charge in [-0.2, -0.15) is 9.49 Å². The second kappa shape index (κ2) is 10.0. The molecule has 1 aliphatic rings. The highest BCUT2D eigenvalue weighted by molar-refractivity contribution is 5.77. The average molecular weight is 533 g/mol. The normalized spacial score (nSPS) is 16.3. The minimum atomic E-state index is -2.93. The number of amides is 1. The molecule has 0 unspecified atom stereocenters. The molecule has 14 heteroatoms. The van der Waals surface area contributed by atoms with Gasteiger partial charge >= 0.3 is 0 Å². The smallest absolute Gasteiger partial charge is 0.264 e. The van der Waals surface area contributed by atoms with Crippen LogP contribution in [0.3, 0.4) is 0 Å². The lowest BCUT2D eigenvalue weighted by Crippen LogP contribution is -2.50. The Hall–Kier alpha value is -4.07. The molecular formula is C24H23F4N7O3. The number of alkyl halides is 2. The molecule has 1 aromatic carbocycles. The maximum atomic E-state index is 13.5. The van der Waals surface area contributed by atoms with Crippen LogP contribution in [0.4, 0.5) is 17.6 Å². The van der Waals surface area contributed by atoms with Gasteiger partial charge in [-0.05, 0) is 37.1 Å². The maximum absolute atomic E-state index is 13.5. The van der Waals surface area contributed by atoms with E-state index in [0.29, 0.717) is 5.69 Å². The first-order valence-corrected chi connectivity index (χ1v) is 11.8. The molecule has 4 aromatic rings. The SMILES string of the molecule is O=C(C[C@@H](C(F)F)n1ccc(F)n1)N1CCC(O)(Cn2cnc3c(cnn3-c3ccc(F)cc3)c2=O)CC1. The fourth-order valence-corrected chi connectivity index (χ4v) is 4.59. The second-order valence-corrected chi connectivity index (χ2v) is 9.28. The molecule has 0 spiro atoms. The maximum Gasteiger partial charge on any atom is 0.264 e. The van der Waals surface area contributed by atoms with Gasteiger partial charge in [0, 0.05) is 25.4 Å². The Morgan fingerprint density at radius 3 is 2.45 bits per heavy atom. The predicted molar refractivity (Wildman–Crippen MR) is 126 cm³/mol. The Morgan fingerprint density at radius 1 is 1.11 bits per heavy atom. The van der Waals surface area contributed by atoms with Crippen molar-refractivity contribution in [2.45, 2.75) is 43.9 Å². The first-order valence-electron chi connectivity index (χ1n) is 11.8. The lowest BCUT2D eigenvalue weighted by atomic mass is 9.91. The zero-order valence-corrected chi connectivity index (χ0v) is 19.9. The standard InChI is InChI=1S/C24H23F4N7O3/c25-15-1-3-16(4-2-15)35-22-17(12-30-35)23(37)33(14-29-22)13-24(38)6-9-32(10-7-24)20(36)11-18(21(27)28)34-8-5-19(26)31-34/h1-5,8,12,14,18,21,38H,6-7,9-11,13H2/t18-/m0/s1. The minimum absolute atomic E-state index is 0.0890. The van der Waals surface area contributed by atoms with Crippen LogP contribution < -0.4 is 5.56 Å². The number of aromatic nitrogens is 6. The van der Waals surface area contributed by atoms with E-state index < -0.39 is 47.7 Å². The molecule has 4 heterocycles. The lowest BCUT2D eigenvalue weighted by Gasteiger charge is -2.38. The minimum Gasteiger partial charge on any atom is -0.388 e. The molecule has 10 nitrogen and oxygen atoms in total. The largest absolute Gasteiger partial charge is 0.388 e. The Balaban J connectivity index is 1.25. The number of fused-ring (bicyclic) bond motifs is 1. The lowest BCUT2D eigenvalue weighted by molar-refractivity contribution is -0.138. The van der Waals surface area contributed by atoms with E-state index in [4.69, 9.17) is 0 Å². The van der Waals surface area contributed by atoms with E-state index in [1.165, 1.54) is 50.9 Å². The number of aliphatic hydroxyl groups is 1. The van der Waals surface area contributed by atoms with Crippen LogP contribution in [0.1, 0.15) is 25.3 Å². The van der Waals surface area contributed by atoms with Crippen molar-refractivity contribution in [1.29, 1.82) is 0 Å². The van der Waals surface area contributed by atoms with Crippen molar-refractivity contribution in [3.05, 3.63) is 71.2 Å². The van der Waals surface area contributed by atoms with Crippen molar-refractivity contribution in [2.24, 2.45) is 0 Å². The summed E-state index contributed by atoms with van der Waals surface area (Å²) in [6.45, 7) is 0.0854. The molecule has 1 saturated heterocycles. The molecule has 1 fully saturated rings. The van der Waals surface area contributed by atoms with Crippen molar-refractivity contribution in [1.82, 2.24) is 34.0 Å². The van der Waals surface area contributed by atoms with E-state index in [1.807, 2.05) is 0 Å². The van der Waals surface area contributed by atoms with Gasteiger partial charge in [0.05, 0.1) is 30.5 Å². The Morgan fingerprint density at radius 2 is 1.82 bits per heavy atom. The molecule has 38 heavy (non-hydrogen) atoms. The van der Waals surface area contributed by atoms with E-state index in [9.17, 15) is 32.3 Å². The van der Waals surface area contributed by atoms with Crippen LogP contribution in [-0.4, -0.2) is 70.1 Å². The number of halogens is 4. The number of rotatable bonds is 7. The number of hydrogen-bond donors (Lipinski definition) is 1. The number of piperidine rings is 1. The third kappa shape index (κ3) is 5.03. The third-order valence-electron chi connectivity index (χ3n) is 6.73. The number of carbonyl (C=O) groups is 1. The van der Waals surface area contributed by atoms with Crippen LogP contribution in [-0.2, 0) is 11.3 Å². The first kappa shape index (κ1) is 25.6. The van der Waals surface area contributed by atoms with Gasteiger partial charge in [-0.15, -0.1) is 5.10 Å². The molecule has 5 rings (SSSR count). The van der Waals surface area contributed by atoms with Crippen molar-refractivity contribution in [2.75, 3.05) is 13.1 Å². The van der Waals surface area contributed by atoms with Gasteiger partial charge in [0.15, 0.2) is 5.65 Å². The van der Waals surface area contributed by atoms with Crippen LogP contribution in [0.2, 0.25) is 0 Å². The number of carbonyl (C=O) groups excluding carboxylic acids is 1. The van der Waals surface area contributed by atoms with Crippen LogP contribution >= 0.6 is 0 Å². The summed E-state index contributed by atoms with van der Waals surface area (Å²) in [4.78, 5) is 31.4. The Kier molecular flexibility index (Phi) is 6.73. The predicted octanol–water partition coefficient (Wildman–Crippen LogP) is 2.31. The zero-order chi connectivity index (χ0) is 27.0. The van der Waals surface area contributed by atoms with E-state index >= 15 is 0 Å². The van der Waals surface area contributed by atoms with Crippen LogP contribution in [0.25, 0.3) is 16.7 Å². The van der Waals surface area contributed by atoms with Gasteiger partial charge < -0.3 is 10.0 Å². The van der Waals surface area contributed by atoms with Crippen molar-refractivity contribution in [3.8, 4) is 5.69 Å². The zero-order valence-electron chi connectivity index (χ0n) is 19.9. The van der Waals surface area contributed by atoms with Gasteiger partial charge in [-0.25, -0.2) is 22.8 Å². The van der Waals surface area contributed by atoms with Gasteiger partial charge in [0.25, 0.3) is 12.0 Å². The van der Waals surface area contributed by atoms with Gasteiger partial charge in [0.1, 0.15) is 23.6 Å². The Bertz CT molecular complexity index is 1510. The first-order chi connectivity index (χ1) is 18.1. The van der Waals surface area contributed by atoms with E-state index in [2.05, 4.69) is 15.2 Å². The van der Waals surface area contributed by atoms with Crippen LogP contribution in [0.15, 0.2) is 53.8 Å². The molecule has 1 N–H and O–H groups in total. The third-order valence-corrected chi connectivity index (χ3v) is 6.73. The van der Waals surface area contributed by atoms with Crippen molar-refractivity contribution in [3.63, 3.8) is 0 Å². The highest BCUT2D eigenvalue weighted by Crippen LogP contribution is 2.27. The van der Waals surface area contributed by atoms with E-state index in [1.54, 1.807) is 0 Å². The number of benzene rings is 1.